The normalized spacial score (nSPS) is 14.5. The number of thiol groups is 1. The molecule has 0 aromatic carbocycles. The highest BCUT2D eigenvalue weighted by atomic mass is 32.1. The summed E-state index contributed by atoms with van der Waals surface area (Å²) in [6.07, 6.45) is 0. The molecule has 66 valence electrons. The molecule has 0 aromatic rings. The Bertz CT molecular complexity index is 143. The molecule has 0 aliphatic carbocycles. The van der Waals surface area contributed by atoms with Crippen LogP contribution >= 0.6 is 12.6 Å². The molecule has 4 nitrogen and oxygen atoms in total. The van der Waals surface area contributed by atoms with Crippen LogP contribution in [-0.4, -0.2) is 33.7 Å². The number of rotatable bonds is 4. The second-order valence-corrected chi connectivity index (χ2v) is 3.94. The van der Waals surface area contributed by atoms with E-state index in [0.717, 1.165) is 0 Å². The molecular formula is C6H13NO3S. The lowest BCUT2D eigenvalue weighted by Gasteiger charge is -2.25. The number of hydrogen-bond donors (Lipinski definition) is 4. The van der Waals surface area contributed by atoms with Crippen molar-refractivity contribution >= 4 is 18.6 Å². The van der Waals surface area contributed by atoms with Crippen LogP contribution in [0.15, 0.2) is 0 Å². The summed E-state index contributed by atoms with van der Waals surface area (Å²) in [7, 11) is 0. The molecular weight excluding hydrogens is 166 g/mol. The van der Waals surface area contributed by atoms with E-state index in [4.69, 9.17) is 10.2 Å². The third-order valence-electron chi connectivity index (χ3n) is 1.25. The molecule has 0 fully saturated rings. The number of hydrogen-bond acceptors (Lipinski definition) is 4. The zero-order chi connectivity index (χ0) is 9.07. The van der Waals surface area contributed by atoms with E-state index in [2.05, 4.69) is 17.9 Å². The van der Waals surface area contributed by atoms with Crippen molar-refractivity contribution in [2.45, 2.75) is 24.6 Å². The maximum Gasteiger partial charge on any atom is 0.322 e. The fourth-order valence-electron chi connectivity index (χ4n) is 0.731. The fourth-order valence-corrected chi connectivity index (χ4v) is 0.932. The van der Waals surface area contributed by atoms with Crippen molar-refractivity contribution in [1.82, 2.24) is 5.32 Å². The van der Waals surface area contributed by atoms with Crippen molar-refractivity contribution in [1.29, 1.82) is 0 Å². The number of aliphatic hydroxyl groups excluding tert-OH is 1. The summed E-state index contributed by atoms with van der Waals surface area (Å²) < 4.78 is -0.686. The lowest BCUT2D eigenvalue weighted by atomic mass is 10.0. The second kappa shape index (κ2) is 3.94. The molecule has 0 saturated heterocycles. The first-order chi connectivity index (χ1) is 4.89. The summed E-state index contributed by atoms with van der Waals surface area (Å²) in [5.41, 5.74) is 0. The highest BCUT2D eigenvalue weighted by molar-refractivity contribution is 7.81. The SMILES string of the molecule is CC(C)(S)[C@H](NCO)C(=O)O. The largest absolute Gasteiger partial charge is 0.480 e. The predicted octanol–water partition coefficient (Wildman–Crippen LogP) is -0.313. The minimum atomic E-state index is -1.01. The second-order valence-electron chi connectivity index (χ2n) is 2.79. The van der Waals surface area contributed by atoms with Gasteiger partial charge in [-0.05, 0) is 13.8 Å². The Morgan fingerprint density at radius 2 is 2.18 bits per heavy atom. The van der Waals surface area contributed by atoms with Crippen LogP contribution in [0.3, 0.4) is 0 Å². The van der Waals surface area contributed by atoms with Gasteiger partial charge in [-0.15, -0.1) is 0 Å². The zero-order valence-corrected chi connectivity index (χ0v) is 7.43. The molecule has 0 heterocycles. The Morgan fingerprint density at radius 3 is 2.27 bits per heavy atom. The third kappa shape index (κ3) is 3.60. The van der Waals surface area contributed by atoms with Gasteiger partial charge in [0.25, 0.3) is 0 Å². The number of carboxylic acid groups (broad SMARTS) is 1. The molecule has 0 radical (unpaired) electrons. The maximum atomic E-state index is 10.5. The summed E-state index contributed by atoms with van der Waals surface area (Å²) in [5, 5.41) is 19.5. The van der Waals surface area contributed by atoms with Gasteiger partial charge in [0.1, 0.15) is 6.04 Å². The van der Waals surface area contributed by atoms with Crippen molar-refractivity contribution in [2.24, 2.45) is 0 Å². The van der Waals surface area contributed by atoms with Crippen LogP contribution in [0.4, 0.5) is 0 Å². The van der Waals surface area contributed by atoms with E-state index in [-0.39, 0.29) is 6.73 Å². The van der Waals surface area contributed by atoms with Gasteiger partial charge >= 0.3 is 5.97 Å². The zero-order valence-electron chi connectivity index (χ0n) is 6.53. The van der Waals surface area contributed by atoms with Gasteiger partial charge in [0.15, 0.2) is 0 Å². The van der Waals surface area contributed by atoms with Gasteiger partial charge in [0.05, 0.1) is 6.73 Å². The Kier molecular flexibility index (Phi) is 3.85. The van der Waals surface area contributed by atoms with Gasteiger partial charge in [0, 0.05) is 4.75 Å². The van der Waals surface area contributed by atoms with E-state index in [1.54, 1.807) is 13.8 Å². The Labute approximate surface area is 71.0 Å². The van der Waals surface area contributed by atoms with E-state index < -0.39 is 16.8 Å². The minimum Gasteiger partial charge on any atom is -0.480 e. The first-order valence-corrected chi connectivity index (χ1v) is 3.63. The summed E-state index contributed by atoms with van der Waals surface area (Å²) in [5.74, 6) is -1.01. The summed E-state index contributed by atoms with van der Waals surface area (Å²) in [6, 6.07) is -0.837. The van der Waals surface area contributed by atoms with Crippen LogP contribution < -0.4 is 5.32 Å². The summed E-state index contributed by atoms with van der Waals surface area (Å²) >= 11 is 4.07. The maximum absolute atomic E-state index is 10.5. The molecule has 0 unspecified atom stereocenters. The molecule has 0 rings (SSSR count). The molecule has 0 saturated carbocycles. The molecule has 0 aromatic heterocycles. The van der Waals surface area contributed by atoms with E-state index in [1.165, 1.54) is 0 Å². The van der Waals surface area contributed by atoms with Crippen LogP contribution in [-0.2, 0) is 4.79 Å². The highest BCUT2D eigenvalue weighted by Crippen LogP contribution is 2.17. The molecule has 3 N–H and O–H groups in total. The quantitative estimate of drug-likeness (QED) is 0.353. The van der Waals surface area contributed by atoms with Crippen LogP contribution in [0.1, 0.15) is 13.8 Å². The van der Waals surface area contributed by atoms with Crippen LogP contribution in [0.5, 0.6) is 0 Å². The Morgan fingerprint density at radius 1 is 1.73 bits per heavy atom. The molecule has 0 bridgehead atoms. The number of carboxylic acids is 1. The molecule has 5 heteroatoms. The van der Waals surface area contributed by atoms with Crippen molar-refractivity contribution in [2.75, 3.05) is 6.73 Å². The lowest BCUT2D eigenvalue weighted by Crippen LogP contribution is -2.49. The number of nitrogens with one attached hydrogen (secondary N) is 1. The van der Waals surface area contributed by atoms with Crippen molar-refractivity contribution in [3.63, 3.8) is 0 Å². The van der Waals surface area contributed by atoms with Gasteiger partial charge in [-0.25, -0.2) is 0 Å². The molecule has 0 aliphatic heterocycles. The number of carbonyl (C=O) groups is 1. The third-order valence-corrected chi connectivity index (χ3v) is 1.51. The topological polar surface area (TPSA) is 69.6 Å². The predicted molar refractivity (Wildman–Crippen MR) is 44.7 cm³/mol. The van der Waals surface area contributed by atoms with Crippen molar-refractivity contribution < 1.29 is 15.0 Å². The summed E-state index contributed by atoms with van der Waals surface area (Å²) in [6.45, 7) is 2.97. The number of aliphatic carboxylic acids is 1. The van der Waals surface area contributed by atoms with E-state index >= 15 is 0 Å². The smallest absolute Gasteiger partial charge is 0.322 e. The molecule has 0 aliphatic rings. The molecule has 1 atom stereocenters. The molecule has 0 spiro atoms. The van der Waals surface area contributed by atoms with Gasteiger partial charge in [-0.2, -0.15) is 12.6 Å². The molecule has 11 heavy (non-hydrogen) atoms. The van der Waals surface area contributed by atoms with Crippen molar-refractivity contribution in [3.8, 4) is 0 Å². The fraction of sp³-hybridized carbons (Fsp3) is 0.833. The monoisotopic (exact) mass is 179 g/mol. The standard InChI is InChI=1S/C6H13NO3S/c1-6(2,11)4(5(9)10)7-3-8/h4,7-8,11H,3H2,1-2H3,(H,9,10)/t4-/m1/s1. The Hall–Kier alpha value is -0.260. The first-order valence-electron chi connectivity index (χ1n) is 3.19. The van der Waals surface area contributed by atoms with Gasteiger partial charge < -0.3 is 10.2 Å². The average Bonchev–Trinajstić information content (AvgIpc) is 1.79. The Balaban J connectivity index is 4.22. The lowest BCUT2D eigenvalue weighted by molar-refractivity contribution is -0.140. The van der Waals surface area contributed by atoms with Gasteiger partial charge in [0.2, 0.25) is 0 Å². The minimum absolute atomic E-state index is 0.360. The molecule has 0 amide bonds. The average molecular weight is 179 g/mol. The van der Waals surface area contributed by atoms with Gasteiger partial charge in [-0.1, -0.05) is 0 Å². The highest BCUT2D eigenvalue weighted by Gasteiger charge is 2.31. The summed E-state index contributed by atoms with van der Waals surface area (Å²) in [4.78, 5) is 10.5. The van der Waals surface area contributed by atoms with Crippen LogP contribution in [0.2, 0.25) is 0 Å². The van der Waals surface area contributed by atoms with E-state index in [9.17, 15) is 4.79 Å². The first kappa shape index (κ1) is 10.7. The number of aliphatic hydroxyl groups is 1. The van der Waals surface area contributed by atoms with Crippen LogP contribution in [0.25, 0.3) is 0 Å². The van der Waals surface area contributed by atoms with Gasteiger partial charge in [-0.3, -0.25) is 10.1 Å². The van der Waals surface area contributed by atoms with Crippen molar-refractivity contribution in [3.05, 3.63) is 0 Å². The van der Waals surface area contributed by atoms with E-state index in [0.29, 0.717) is 0 Å². The van der Waals surface area contributed by atoms with E-state index in [1.807, 2.05) is 0 Å². The van der Waals surface area contributed by atoms with Crippen LogP contribution in [0, 0.1) is 0 Å².